The number of rotatable bonds is 3. The zero-order chi connectivity index (χ0) is 12.1. The Kier molecular flexibility index (Phi) is 4.33. The summed E-state index contributed by atoms with van der Waals surface area (Å²) >= 11 is 6.02. The molecule has 0 heterocycles. The van der Waals surface area contributed by atoms with Crippen LogP contribution >= 0.6 is 11.6 Å². The number of halogens is 1. The monoisotopic (exact) mass is 237 g/mol. The lowest BCUT2D eigenvalue weighted by molar-refractivity contribution is -0.139. The highest BCUT2D eigenvalue weighted by Gasteiger charge is 2.11. The molecule has 4 heteroatoms. The van der Waals surface area contributed by atoms with Crippen LogP contribution in [0.3, 0.4) is 0 Å². The van der Waals surface area contributed by atoms with Gasteiger partial charge >= 0.3 is 5.97 Å². The molecule has 1 aromatic rings. The van der Waals surface area contributed by atoms with E-state index < -0.39 is 0 Å². The molecule has 0 aliphatic carbocycles. The van der Waals surface area contributed by atoms with Gasteiger partial charge in [0.25, 0.3) is 0 Å². The number of nitrogens with zero attached hydrogens (tertiary/aromatic N) is 1. The first-order valence-corrected chi connectivity index (χ1v) is 5.28. The molecule has 0 atom stereocenters. The Bertz CT molecular complexity index is 449. The van der Waals surface area contributed by atoms with Gasteiger partial charge in [-0.15, -0.1) is 0 Å². The van der Waals surface area contributed by atoms with Gasteiger partial charge in [-0.2, -0.15) is 5.26 Å². The third-order valence-corrected chi connectivity index (χ3v) is 2.69. The number of hydrogen-bond acceptors (Lipinski definition) is 3. The molecular formula is C12H12ClNO2. The number of aryl methyl sites for hydroxylation is 1. The molecule has 0 fully saturated rings. The minimum Gasteiger partial charge on any atom is -0.469 e. The van der Waals surface area contributed by atoms with Crippen molar-refractivity contribution >= 4 is 17.6 Å². The van der Waals surface area contributed by atoms with Crippen molar-refractivity contribution in [2.75, 3.05) is 7.11 Å². The molecule has 0 aromatic heterocycles. The van der Waals surface area contributed by atoms with Crippen molar-refractivity contribution < 1.29 is 9.53 Å². The number of carbonyl (C=O) groups excluding carboxylic acids is 1. The van der Waals surface area contributed by atoms with Crippen LogP contribution < -0.4 is 0 Å². The summed E-state index contributed by atoms with van der Waals surface area (Å²) in [6.07, 6.45) is 0.828. The molecular weight excluding hydrogens is 226 g/mol. The molecule has 0 unspecified atom stereocenters. The molecule has 1 rings (SSSR count). The van der Waals surface area contributed by atoms with E-state index >= 15 is 0 Å². The zero-order valence-electron chi connectivity index (χ0n) is 9.21. The van der Waals surface area contributed by atoms with Crippen LogP contribution in [0.15, 0.2) is 12.1 Å². The molecule has 0 radical (unpaired) electrons. The molecule has 1 aromatic carbocycles. The Morgan fingerprint density at radius 2 is 2.19 bits per heavy atom. The lowest BCUT2D eigenvalue weighted by Gasteiger charge is -2.07. The van der Waals surface area contributed by atoms with Crippen molar-refractivity contribution in [3.05, 3.63) is 33.8 Å². The average molecular weight is 238 g/mol. The van der Waals surface area contributed by atoms with Gasteiger partial charge in [0, 0.05) is 5.02 Å². The third kappa shape index (κ3) is 2.74. The van der Waals surface area contributed by atoms with Crippen LogP contribution in [-0.2, 0) is 22.4 Å². The van der Waals surface area contributed by atoms with Crippen molar-refractivity contribution in [1.82, 2.24) is 0 Å². The number of ether oxygens (including phenoxy) is 1. The normalized spacial score (nSPS) is 9.62. The third-order valence-electron chi connectivity index (χ3n) is 2.34. The number of methoxy groups -OCH3 is 1. The maximum Gasteiger partial charge on any atom is 0.310 e. The van der Waals surface area contributed by atoms with Gasteiger partial charge in [-0.3, -0.25) is 4.79 Å². The fourth-order valence-electron chi connectivity index (χ4n) is 1.41. The molecule has 0 amide bonds. The number of hydrogen-bond donors (Lipinski definition) is 0. The molecule has 16 heavy (non-hydrogen) atoms. The van der Waals surface area contributed by atoms with Crippen LogP contribution in [0.1, 0.15) is 23.6 Å². The minimum absolute atomic E-state index is 0.0725. The van der Waals surface area contributed by atoms with Gasteiger partial charge in [0.1, 0.15) is 0 Å². The van der Waals surface area contributed by atoms with E-state index in [2.05, 4.69) is 10.8 Å². The second kappa shape index (κ2) is 5.53. The number of benzene rings is 1. The van der Waals surface area contributed by atoms with Gasteiger partial charge < -0.3 is 4.74 Å². The molecule has 0 bridgehead atoms. The lowest BCUT2D eigenvalue weighted by Crippen LogP contribution is -2.06. The first-order chi connectivity index (χ1) is 7.62. The van der Waals surface area contributed by atoms with E-state index in [9.17, 15) is 4.79 Å². The largest absolute Gasteiger partial charge is 0.469 e. The van der Waals surface area contributed by atoms with Crippen LogP contribution in [0, 0.1) is 11.3 Å². The van der Waals surface area contributed by atoms with E-state index in [-0.39, 0.29) is 12.4 Å². The highest BCUT2D eigenvalue weighted by molar-refractivity contribution is 6.31. The van der Waals surface area contributed by atoms with Crippen LogP contribution in [0.4, 0.5) is 0 Å². The van der Waals surface area contributed by atoms with Gasteiger partial charge in [0.2, 0.25) is 0 Å². The fourth-order valence-corrected chi connectivity index (χ4v) is 1.73. The highest BCUT2D eigenvalue weighted by atomic mass is 35.5. The second-order valence-electron chi connectivity index (χ2n) is 3.32. The topological polar surface area (TPSA) is 50.1 Å². The predicted octanol–water partition coefficient (Wildman–Crippen LogP) is 2.49. The number of carbonyl (C=O) groups is 1. The zero-order valence-corrected chi connectivity index (χ0v) is 9.97. The Hall–Kier alpha value is -1.53. The molecule has 0 spiro atoms. The first-order valence-electron chi connectivity index (χ1n) is 4.90. The highest BCUT2D eigenvalue weighted by Crippen LogP contribution is 2.22. The van der Waals surface area contributed by atoms with E-state index in [1.165, 1.54) is 7.11 Å². The van der Waals surface area contributed by atoms with Gasteiger partial charge in [0.05, 0.1) is 25.2 Å². The number of nitriles is 1. The van der Waals surface area contributed by atoms with Crippen LogP contribution in [0.2, 0.25) is 5.02 Å². The molecule has 3 nitrogen and oxygen atoms in total. The van der Waals surface area contributed by atoms with Crippen molar-refractivity contribution in [2.24, 2.45) is 0 Å². The molecule has 0 aliphatic heterocycles. The summed E-state index contributed by atoms with van der Waals surface area (Å²) in [6, 6.07) is 5.45. The summed E-state index contributed by atoms with van der Waals surface area (Å²) in [4.78, 5) is 11.1. The maximum atomic E-state index is 11.1. The molecule has 0 saturated carbocycles. The lowest BCUT2D eigenvalue weighted by atomic mass is 10.0. The SMILES string of the molecule is CCc1cc(C#N)c(CC(=O)OC)cc1Cl. The molecule has 0 saturated heterocycles. The standard InChI is InChI=1S/C12H12ClNO2/c1-3-8-4-10(7-14)9(5-11(8)13)6-12(15)16-2/h4-5H,3,6H2,1-2H3. The van der Waals surface area contributed by atoms with Crippen molar-refractivity contribution in [1.29, 1.82) is 5.26 Å². The van der Waals surface area contributed by atoms with E-state index in [4.69, 9.17) is 16.9 Å². The van der Waals surface area contributed by atoms with Gasteiger partial charge in [-0.05, 0) is 29.7 Å². The summed E-state index contributed by atoms with van der Waals surface area (Å²) < 4.78 is 4.56. The summed E-state index contributed by atoms with van der Waals surface area (Å²) in [5.41, 5.74) is 2.00. The Labute approximate surface area is 99.6 Å². The summed E-state index contributed by atoms with van der Waals surface area (Å²) in [6.45, 7) is 1.96. The van der Waals surface area contributed by atoms with Gasteiger partial charge in [-0.25, -0.2) is 0 Å². The summed E-state index contributed by atoms with van der Waals surface area (Å²) in [5.74, 6) is -0.378. The van der Waals surface area contributed by atoms with Gasteiger partial charge in [-0.1, -0.05) is 18.5 Å². The van der Waals surface area contributed by atoms with E-state index in [0.29, 0.717) is 16.1 Å². The Morgan fingerprint density at radius 3 is 2.69 bits per heavy atom. The summed E-state index contributed by atoms with van der Waals surface area (Å²) in [5, 5.41) is 9.55. The predicted molar refractivity (Wildman–Crippen MR) is 61.3 cm³/mol. The molecule has 0 N–H and O–H groups in total. The second-order valence-corrected chi connectivity index (χ2v) is 3.73. The Morgan fingerprint density at radius 1 is 1.50 bits per heavy atom. The maximum absolute atomic E-state index is 11.1. The van der Waals surface area contributed by atoms with E-state index in [1.54, 1.807) is 12.1 Å². The quantitative estimate of drug-likeness (QED) is 0.759. The number of esters is 1. The average Bonchev–Trinajstić information content (AvgIpc) is 2.29. The van der Waals surface area contributed by atoms with Crippen molar-refractivity contribution in [3.63, 3.8) is 0 Å². The van der Waals surface area contributed by atoms with Crippen LogP contribution in [0.25, 0.3) is 0 Å². The van der Waals surface area contributed by atoms with E-state index in [1.807, 2.05) is 6.92 Å². The van der Waals surface area contributed by atoms with Crippen molar-refractivity contribution in [2.45, 2.75) is 19.8 Å². The van der Waals surface area contributed by atoms with Crippen molar-refractivity contribution in [3.8, 4) is 6.07 Å². The smallest absolute Gasteiger partial charge is 0.310 e. The van der Waals surface area contributed by atoms with Crippen LogP contribution in [-0.4, -0.2) is 13.1 Å². The summed E-state index contributed by atoms with van der Waals surface area (Å²) in [7, 11) is 1.32. The van der Waals surface area contributed by atoms with E-state index in [0.717, 1.165) is 12.0 Å². The first kappa shape index (κ1) is 12.5. The fraction of sp³-hybridized carbons (Fsp3) is 0.333. The minimum atomic E-state index is -0.378. The molecule has 0 aliphatic rings. The van der Waals surface area contributed by atoms with Crippen LogP contribution in [0.5, 0.6) is 0 Å². The van der Waals surface area contributed by atoms with Gasteiger partial charge in [0.15, 0.2) is 0 Å². The molecule has 84 valence electrons. The Balaban J connectivity index is 3.14.